The van der Waals surface area contributed by atoms with Gasteiger partial charge in [-0.1, -0.05) is 0 Å². The molecule has 0 saturated carbocycles. The lowest BCUT2D eigenvalue weighted by Crippen LogP contribution is -2.29. The molecule has 1 aliphatic heterocycles. The van der Waals surface area contributed by atoms with Crippen molar-refractivity contribution in [1.82, 2.24) is 0 Å². The number of carbonyl (C=O) groups is 2. The molecule has 0 radical (unpaired) electrons. The van der Waals surface area contributed by atoms with Crippen LogP contribution < -0.4 is 21.5 Å². The van der Waals surface area contributed by atoms with Gasteiger partial charge in [-0.05, 0) is 37.1 Å². The Kier molecular flexibility index (Phi) is 7.80. The van der Waals surface area contributed by atoms with E-state index in [4.69, 9.17) is 20.9 Å². The van der Waals surface area contributed by atoms with E-state index in [0.29, 0.717) is 24.4 Å². The molecule has 2 rings (SSSR count). The first-order valence-corrected chi connectivity index (χ1v) is 7.26. The Morgan fingerprint density at radius 2 is 1.96 bits per heavy atom. The van der Waals surface area contributed by atoms with Crippen LogP contribution in [0.15, 0.2) is 24.3 Å². The highest BCUT2D eigenvalue weighted by Gasteiger charge is 2.29. The van der Waals surface area contributed by atoms with E-state index in [2.05, 4.69) is 5.32 Å². The largest absolute Gasteiger partial charge is 0.493 e. The van der Waals surface area contributed by atoms with Crippen LogP contribution in [0.2, 0.25) is 0 Å². The van der Waals surface area contributed by atoms with Gasteiger partial charge < -0.3 is 26.3 Å². The quantitative estimate of drug-likeness (QED) is 0.677. The molecule has 0 aromatic heterocycles. The van der Waals surface area contributed by atoms with E-state index < -0.39 is 12.0 Å². The maximum Gasteiger partial charge on any atom is 0.253 e. The van der Waals surface area contributed by atoms with Crippen LogP contribution in [0.1, 0.15) is 19.3 Å². The van der Waals surface area contributed by atoms with E-state index in [1.54, 1.807) is 24.3 Å². The smallest absolute Gasteiger partial charge is 0.253 e. The SMILES string of the molecule is Cl.NC[C@H]1CC[C@@H](C(=O)Nc2ccc(OCCC(N)=O)cc2)O1. The minimum absolute atomic E-state index is 0. The highest BCUT2D eigenvalue weighted by atomic mass is 35.5. The normalized spacial score (nSPS) is 19.7. The Balaban J connectivity index is 0.00000264. The molecule has 0 aliphatic carbocycles. The number of primary amides is 1. The van der Waals surface area contributed by atoms with Crippen LogP contribution in [0.4, 0.5) is 5.69 Å². The summed E-state index contributed by atoms with van der Waals surface area (Å²) in [4.78, 5) is 22.7. The first-order chi connectivity index (χ1) is 10.6. The average molecular weight is 344 g/mol. The van der Waals surface area contributed by atoms with Crippen molar-refractivity contribution in [3.05, 3.63) is 24.3 Å². The van der Waals surface area contributed by atoms with Gasteiger partial charge in [-0.2, -0.15) is 0 Å². The lowest BCUT2D eigenvalue weighted by Gasteiger charge is -2.13. The lowest BCUT2D eigenvalue weighted by molar-refractivity contribution is -0.126. The monoisotopic (exact) mass is 343 g/mol. The van der Waals surface area contributed by atoms with Crippen molar-refractivity contribution in [1.29, 1.82) is 0 Å². The Labute approximate surface area is 141 Å². The molecule has 0 unspecified atom stereocenters. The van der Waals surface area contributed by atoms with Gasteiger partial charge in [0.05, 0.1) is 19.1 Å². The van der Waals surface area contributed by atoms with Gasteiger partial charge in [0.15, 0.2) is 0 Å². The van der Waals surface area contributed by atoms with Crippen molar-refractivity contribution in [2.24, 2.45) is 11.5 Å². The van der Waals surface area contributed by atoms with Gasteiger partial charge >= 0.3 is 0 Å². The van der Waals surface area contributed by atoms with Crippen LogP contribution in [-0.4, -0.2) is 37.2 Å². The maximum atomic E-state index is 12.0. The summed E-state index contributed by atoms with van der Waals surface area (Å²) in [6.07, 6.45) is 1.18. The Morgan fingerprint density at radius 1 is 1.26 bits per heavy atom. The van der Waals surface area contributed by atoms with Gasteiger partial charge in [-0.25, -0.2) is 0 Å². The van der Waals surface area contributed by atoms with E-state index in [0.717, 1.165) is 6.42 Å². The fourth-order valence-electron chi connectivity index (χ4n) is 2.20. The van der Waals surface area contributed by atoms with E-state index in [-0.39, 0.29) is 37.4 Å². The Morgan fingerprint density at radius 3 is 2.52 bits per heavy atom. The molecule has 0 spiro atoms. The van der Waals surface area contributed by atoms with E-state index >= 15 is 0 Å². The number of halogens is 1. The van der Waals surface area contributed by atoms with Gasteiger partial charge in [0.1, 0.15) is 11.9 Å². The van der Waals surface area contributed by atoms with Gasteiger partial charge in [0, 0.05) is 12.2 Å². The number of nitrogens with two attached hydrogens (primary N) is 2. The van der Waals surface area contributed by atoms with E-state index in [1.807, 2.05) is 0 Å². The van der Waals surface area contributed by atoms with E-state index in [1.165, 1.54) is 0 Å². The average Bonchev–Trinajstić information content (AvgIpc) is 2.98. The molecule has 1 heterocycles. The number of ether oxygens (including phenoxy) is 2. The Bertz CT molecular complexity index is 524. The van der Waals surface area contributed by atoms with Crippen LogP contribution >= 0.6 is 12.4 Å². The summed E-state index contributed by atoms with van der Waals surface area (Å²) in [5.74, 6) is 0.0362. The zero-order chi connectivity index (χ0) is 15.9. The van der Waals surface area contributed by atoms with Crippen molar-refractivity contribution in [3.8, 4) is 5.75 Å². The molecule has 0 bridgehead atoms. The van der Waals surface area contributed by atoms with Crippen LogP contribution in [0, 0.1) is 0 Å². The third kappa shape index (κ3) is 6.05. The lowest BCUT2D eigenvalue weighted by atomic mass is 10.2. The zero-order valence-corrected chi connectivity index (χ0v) is 13.5. The van der Waals surface area contributed by atoms with Crippen molar-refractivity contribution < 1.29 is 19.1 Å². The first kappa shape index (κ1) is 19.2. The number of nitrogens with one attached hydrogen (secondary N) is 1. The summed E-state index contributed by atoms with van der Waals surface area (Å²) < 4.78 is 10.9. The number of hydrogen-bond donors (Lipinski definition) is 3. The molecule has 1 fully saturated rings. The number of anilines is 1. The molecule has 1 aromatic rings. The van der Waals surface area contributed by atoms with Gasteiger partial charge in [0.25, 0.3) is 5.91 Å². The molecule has 5 N–H and O–H groups in total. The summed E-state index contributed by atoms with van der Waals surface area (Å²) in [6.45, 7) is 0.665. The standard InChI is InChI=1S/C15H21N3O4.ClH/c16-9-12-5-6-13(22-12)15(20)18-10-1-3-11(4-2-10)21-8-7-14(17)19;/h1-4,12-13H,5-9,16H2,(H2,17,19)(H,18,20);1H/t12-,13+;/m1./s1. The van der Waals surface area contributed by atoms with E-state index in [9.17, 15) is 9.59 Å². The fourth-order valence-corrected chi connectivity index (χ4v) is 2.20. The second-order valence-electron chi connectivity index (χ2n) is 5.14. The minimum atomic E-state index is -0.444. The molecule has 1 saturated heterocycles. The summed E-state index contributed by atoms with van der Waals surface area (Å²) in [5.41, 5.74) is 11.2. The molecular formula is C15H22ClN3O4. The molecule has 7 nitrogen and oxygen atoms in total. The van der Waals surface area contributed by atoms with Crippen LogP contribution in [0.25, 0.3) is 0 Å². The molecule has 2 atom stereocenters. The van der Waals surface area contributed by atoms with Crippen LogP contribution in [0.5, 0.6) is 5.75 Å². The third-order valence-corrected chi connectivity index (χ3v) is 3.40. The van der Waals surface area contributed by atoms with Gasteiger partial charge in [-0.15, -0.1) is 12.4 Å². The summed E-state index contributed by atoms with van der Waals surface area (Å²) in [6, 6.07) is 6.89. The topological polar surface area (TPSA) is 117 Å². The second-order valence-corrected chi connectivity index (χ2v) is 5.14. The minimum Gasteiger partial charge on any atom is -0.493 e. The third-order valence-electron chi connectivity index (χ3n) is 3.40. The van der Waals surface area contributed by atoms with Crippen molar-refractivity contribution in [3.63, 3.8) is 0 Å². The number of hydrogen-bond acceptors (Lipinski definition) is 5. The predicted molar refractivity (Wildman–Crippen MR) is 88.6 cm³/mol. The van der Waals surface area contributed by atoms with Crippen LogP contribution in [-0.2, 0) is 14.3 Å². The van der Waals surface area contributed by atoms with Crippen molar-refractivity contribution in [2.75, 3.05) is 18.5 Å². The summed E-state index contributed by atoms with van der Waals surface area (Å²) >= 11 is 0. The number of rotatable bonds is 7. The van der Waals surface area contributed by atoms with Gasteiger partial charge in [0.2, 0.25) is 5.91 Å². The highest BCUT2D eigenvalue weighted by molar-refractivity contribution is 5.94. The molecule has 1 aromatic carbocycles. The van der Waals surface area contributed by atoms with Crippen LogP contribution in [0.3, 0.4) is 0 Å². The molecule has 23 heavy (non-hydrogen) atoms. The van der Waals surface area contributed by atoms with Gasteiger partial charge in [-0.3, -0.25) is 9.59 Å². The predicted octanol–water partition coefficient (Wildman–Crippen LogP) is 0.807. The number of carbonyl (C=O) groups excluding carboxylic acids is 2. The second kappa shape index (κ2) is 9.34. The molecule has 1 aliphatic rings. The number of amides is 2. The van der Waals surface area contributed by atoms with Crippen molar-refractivity contribution >= 4 is 29.9 Å². The molecule has 128 valence electrons. The Hall–Kier alpha value is -1.83. The summed E-state index contributed by atoms with van der Waals surface area (Å²) in [7, 11) is 0. The molecular weight excluding hydrogens is 322 g/mol. The van der Waals surface area contributed by atoms with Crippen molar-refractivity contribution in [2.45, 2.75) is 31.5 Å². The molecule has 2 amide bonds. The summed E-state index contributed by atoms with van der Waals surface area (Å²) in [5, 5.41) is 2.80. The maximum absolute atomic E-state index is 12.0. The molecule has 8 heteroatoms. The zero-order valence-electron chi connectivity index (χ0n) is 12.7. The first-order valence-electron chi connectivity index (χ1n) is 7.26. The fraction of sp³-hybridized carbons (Fsp3) is 0.467. The highest BCUT2D eigenvalue weighted by Crippen LogP contribution is 2.21. The number of benzene rings is 1.